The van der Waals surface area contributed by atoms with Crippen LogP contribution in [0.15, 0.2) is 36.4 Å². The van der Waals surface area contributed by atoms with Crippen LogP contribution in [0.2, 0.25) is 5.02 Å². The van der Waals surface area contributed by atoms with E-state index in [1.165, 1.54) is 18.2 Å². The molecule has 118 valence electrons. The summed E-state index contributed by atoms with van der Waals surface area (Å²) in [5.74, 6) is 0.0730. The van der Waals surface area contributed by atoms with Crippen molar-refractivity contribution in [2.45, 2.75) is 0 Å². The molecule has 0 saturated heterocycles. The zero-order valence-electron chi connectivity index (χ0n) is 11.9. The molecule has 3 rings (SSSR count). The normalized spacial score (nSPS) is 12.0. The fraction of sp³-hybridized carbons (Fsp3) is 0.125. The van der Waals surface area contributed by atoms with Crippen LogP contribution in [0, 0.1) is 0 Å². The molecule has 1 aliphatic heterocycles. The van der Waals surface area contributed by atoms with Crippen molar-refractivity contribution in [1.29, 1.82) is 0 Å². The van der Waals surface area contributed by atoms with Crippen LogP contribution in [0.1, 0.15) is 20.7 Å². The number of hydrogen-bond acceptors (Lipinski definition) is 6. The molecule has 1 aliphatic rings. The summed E-state index contributed by atoms with van der Waals surface area (Å²) in [5, 5.41) is 0.345. The minimum Gasteiger partial charge on any atom is -0.454 e. The molecule has 0 aliphatic carbocycles. The van der Waals surface area contributed by atoms with Gasteiger partial charge in [-0.15, -0.1) is 0 Å². The van der Waals surface area contributed by atoms with Gasteiger partial charge >= 0.3 is 5.97 Å². The number of ether oxygens (including phenoxy) is 3. The van der Waals surface area contributed by atoms with Gasteiger partial charge in [0.05, 0.1) is 16.3 Å². The van der Waals surface area contributed by atoms with E-state index >= 15 is 0 Å². The first-order valence-electron chi connectivity index (χ1n) is 6.69. The predicted molar refractivity (Wildman–Crippen MR) is 83.0 cm³/mol. The minimum atomic E-state index is -0.650. The lowest BCUT2D eigenvalue weighted by Crippen LogP contribution is -2.14. The SMILES string of the molecule is Nc1cc(C(=O)OCC(=O)c2ccc3c(c2)OCO3)ccc1Cl. The average molecular weight is 334 g/mol. The smallest absolute Gasteiger partial charge is 0.338 e. The van der Waals surface area contributed by atoms with Crippen LogP contribution in [0.25, 0.3) is 0 Å². The fourth-order valence-corrected chi connectivity index (χ4v) is 2.16. The highest BCUT2D eigenvalue weighted by Gasteiger charge is 2.17. The molecule has 2 N–H and O–H groups in total. The summed E-state index contributed by atoms with van der Waals surface area (Å²) in [7, 11) is 0. The molecule has 0 amide bonds. The second-order valence-corrected chi connectivity index (χ2v) is 5.21. The first kappa shape index (κ1) is 15.2. The van der Waals surface area contributed by atoms with Gasteiger partial charge in [0.25, 0.3) is 0 Å². The van der Waals surface area contributed by atoms with Crippen LogP contribution in [-0.4, -0.2) is 25.2 Å². The topological polar surface area (TPSA) is 87.9 Å². The molecule has 1 heterocycles. The summed E-state index contributed by atoms with van der Waals surface area (Å²) < 4.78 is 15.4. The lowest BCUT2D eigenvalue weighted by molar-refractivity contribution is 0.0475. The maximum atomic E-state index is 12.1. The highest BCUT2D eigenvalue weighted by molar-refractivity contribution is 6.33. The molecule has 23 heavy (non-hydrogen) atoms. The van der Waals surface area contributed by atoms with Crippen molar-refractivity contribution in [3.05, 3.63) is 52.5 Å². The summed E-state index contributed by atoms with van der Waals surface area (Å²) in [5.41, 5.74) is 6.49. The number of nitrogen functional groups attached to an aromatic ring is 1. The van der Waals surface area contributed by atoms with Gasteiger partial charge < -0.3 is 19.9 Å². The molecular formula is C16H12ClNO5. The summed E-state index contributed by atoms with van der Waals surface area (Å²) in [6, 6.07) is 9.15. The Labute approximate surface area is 136 Å². The molecule has 0 atom stereocenters. The van der Waals surface area contributed by atoms with E-state index in [0.717, 1.165) is 0 Å². The number of halogens is 1. The molecule has 0 spiro atoms. The van der Waals surface area contributed by atoms with Crippen LogP contribution in [-0.2, 0) is 4.74 Å². The Hall–Kier alpha value is -2.73. The van der Waals surface area contributed by atoms with Crippen LogP contribution in [0.4, 0.5) is 5.69 Å². The second-order valence-electron chi connectivity index (χ2n) is 4.80. The molecule has 0 unspecified atom stereocenters. The van der Waals surface area contributed by atoms with Crippen molar-refractivity contribution in [3.8, 4) is 11.5 Å². The van der Waals surface area contributed by atoms with Crippen molar-refractivity contribution in [1.82, 2.24) is 0 Å². The molecule has 7 heteroatoms. The quantitative estimate of drug-likeness (QED) is 0.526. The first-order chi connectivity index (χ1) is 11.0. The summed E-state index contributed by atoms with van der Waals surface area (Å²) in [6.45, 7) is -0.263. The molecule has 2 aromatic carbocycles. The Bertz CT molecular complexity index is 790. The van der Waals surface area contributed by atoms with Crippen molar-refractivity contribution < 1.29 is 23.8 Å². The van der Waals surface area contributed by atoms with E-state index in [2.05, 4.69) is 0 Å². The second kappa shape index (κ2) is 6.18. The highest BCUT2D eigenvalue weighted by Crippen LogP contribution is 2.32. The number of esters is 1. The van der Waals surface area contributed by atoms with Gasteiger partial charge in [-0.1, -0.05) is 11.6 Å². The van der Waals surface area contributed by atoms with Crippen LogP contribution in [0.3, 0.4) is 0 Å². The standard InChI is InChI=1S/C16H12ClNO5/c17-11-3-1-10(5-12(11)18)16(20)21-7-13(19)9-2-4-14-15(6-9)23-8-22-14/h1-6H,7-8,18H2. The Morgan fingerprint density at radius 2 is 1.83 bits per heavy atom. The van der Waals surface area contributed by atoms with E-state index in [1.54, 1.807) is 18.2 Å². The molecule has 2 aromatic rings. The van der Waals surface area contributed by atoms with Gasteiger partial charge in [0, 0.05) is 5.56 Å². The highest BCUT2D eigenvalue weighted by atomic mass is 35.5. The number of anilines is 1. The third-order valence-corrected chi connectivity index (χ3v) is 3.60. The Kier molecular flexibility index (Phi) is 4.08. The van der Waals surface area contributed by atoms with Crippen LogP contribution in [0.5, 0.6) is 11.5 Å². The van der Waals surface area contributed by atoms with E-state index in [1.807, 2.05) is 0 Å². The summed E-state index contributed by atoms with van der Waals surface area (Å²) >= 11 is 5.79. The molecule has 0 saturated carbocycles. The van der Waals surface area contributed by atoms with E-state index in [-0.39, 0.29) is 30.4 Å². The van der Waals surface area contributed by atoms with E-state index in [4.69, 9.17) is 31.5 Å². The number of nitrogens with two attached hydrogens (primary N) is 1. The summed E-state index contributed by atoms with van der Waals surface area (Å²) in [4.78, 5) is 24.0. The predicted octanol–water partition coefficient (Wildman–Crippen LogP) is 2.69. The van der Waals surface area contributed by atoms with Crippen molar-refractivity contribution in [2.24, 2.45) is 0 Å². The molecule has 6 nitrogen and oxygen atoms in total. The molecule has 0 bridgehead atoms. The molecule has 0 fully saturated rings. The summed E-state index contributed by atoms with van der Waals surface area (Å²) in [6.07, 6.45) is 0. The number of fused-ring (bicyclic) bond motifs is 1. The van der Waals surface area contributed by atoms with Crippen LogP contribution < -0.4 is 15.2 Å². The number of benzene rings is 2. The zero-order chi connectivity index (χ0) is 16.4. The molecule has 0 aromatic heterocycles. The average Bonchev–Trinajstić information content (AvgIpc) is 3.02. The largest absolute Gasteiger partial charge is 0.454 e. The number of ketones is 1. The van der Waals surface area contributed by atoms with Crippen molar-refractivity contribution >= 4 is 29.0 Å². The zero-order valence-corrected chi connectivity index (χ0v) is 12.6. The van der Waals surface area contributed by atoms with Gasteiger partial charge in [0.1, 0.15) is 0 Å². The Morgan fingerprint density at radius 1 is 1.09 bits per heavy atom. The van der Waals surface area contributed by atoms with Crippen molar-refractivity contribution in [3.63, 3.8) is 0 Å². The van der Waals surface area contributed by atoms with Gasteiger partial charge in [0.15, 0.2) is 23.9 Å². The lowest BCUT2D eigenvalue weighted by atomic mass is 10.1. The number of carbonyl (C=O) groups excluding carboxylic acids is 2. The van der Waals surface area contributed by atoms with Gasteiger partial charge in [0.2, 0.25) is 6.79 Å². The number of rotatable bonds is 4. The minimum absolute atomic E-state index is 0.125. The monoisotopic (exact) mass is 333 g/mol. The van der Waals surface area contributed by atoms with Gasteiger partial charge in [-0.05, 0) is 36.4 Å². The fourth-order valence-electron chi connectivity index (χ4n) is 2.04. The van der Waals surface area contributed by atoms with E-state index < -0.39 is 5.97 Å². The third kappa shape index (κ3) is 3.22. The van der Waals surface area contributed by atoms with Crippen LogP contribution >= 0.6 is 11.6 Å². The Balaban J connectivity index is 1.64. The number of Topliss-reactive ketones (excluding diaryl/α,β-unsaturated/α-hetero) is 1. The van der Waals surface area contributed by atoms with E-state index in [0.29, 0.717) is 22.1 Å². The van der Waals surface area contributed by atoms with Gasteiger partial charge in [-0.25, -0.2) is 4.79 Å². The van der Waals surface area contributed by atoms with Gasteiger partial charge in [-0.3, -0.25) is 4.79 Å². The molecule has 0 radical (unpaired) electrons. The first-order valence-corrected chi connectivity index (χ1v) is 7.07. The maximum Gasteiger partial charge on any atom is 0.338 e. The Morgan fingerprint density at radius 3 is 2.61 bits per heavy atom. The number of carbonyl (C=O) groups is 2. The lowest BCUT2D eigenvalue weighted by Gasteiger charge is -2.06. The third-order valence-electron chi connectivity index (χ3n) is 3.26. The molecular weight excluding hydrogens is 322 g/mol. The number of hydrogen-bond donors (Lipinski definition) is 1. The van der Waals surface area contributed by atoms with Gasteiger partial charge in [-0.2, -0.15) is 0 Å². The maximum absolute atomic E-state index is 12.1. The van der Waals surface area contributed by atoms with Crippen molar-refractivity contribution in [2.75, 3.05) is 19.1 Å². The van der Waals surface area contributed by atoms with E-state index in [9.17, 15) is 9.59 Å².